The van der Waals surface area contributed by atoms with Crippen molar-refractivity contribution < 1.29 is 13.9 Å². The Balaban J connectivity index is 1.65. The number of carbonyl (C=O) groups excluding carboxylic acids is 1. The number of esters is 1. The van der Waals surface area contributed by atoms with Gasteiger partial charge in [0.25, 0.3) is 0 Å². The second-order valence-corrected chi connectivity index (χ2v) is 5.00. The van der Waals surface area contributed by atoms with Crippen molar-refractivity contribution in [3.63, 3.8) is 0 Å². The van der Waals surface area contributed by atoms with Crippen molar-refractivity contribution in [2.45, 2.75) is 6.61 Å². The van der Waals surface area contributed by atoms with Gasteiger partial charge in [0.05, 0.1) is 11.8 Å². The van der Waals surface area contributed by atoms with Crippen LogP contribution in [0.3, 0.4) is 0 Å². The van der Waals surface area contributed by atoms with Gasteiger partial charge in [0, 0.05) is 10.6 Å². The van der Waals surface area contributed by atoms with E-state index in [2.05, 4.69) is 4.98 Å². The number of benzene rings is 2. The van der Waals surface area contributed by atoms with Crippen LogP contribution < -0.4 is 0 Å². The Labute approximate surface area is 132 Å². The van der Waals surface area contributed by atoms with Crippen molar-refractivity contribution in [3.05, 3.63) is 77.3 Å². The first-order chi connectivity index (χ1) is 10.7. The van der Waals surface area contributed by atoms with Crippen LogP contribution in [0.25, 0.3) is 11.3 Å². The van der Waals surface area contributed by atoms with Crippen LogP contribution in [-0.2, 0) is 11.3 Å². The number of halogens is 1. The first kappa shape index (κ1) is 14.4. The lowest BCUT2D eigenvalue weighted by Gasteiger charge is -2.01. The summed E-state index contributed by atoms with van der Waals surface area (Å²) in [7, 11) is 0. The van der Waals surface area contributed by atoms with Gasteiger partial charge in [-0.05, 0) is 36.4 Å². The maximum absolute atomic E-state index is 11.8. The highest BCUT2D eigenvalue weighted by atomic mass is 35.5. The van der Waals surface area contributed by atoms with E-state index in [-0.39, 0.29) is 6.61 Å². The third kappa shape index (κ3) is 3.35. The zero-order valence-electron chi connectivity index (χ0n) is 11.5. The SMILES string of the molecule is O=C(OCc1ncc(-c2ccc(Cl)cc2)o1)c1ccccc1. The lowest BCUT2D eigenvalue weighted by molar-refractivity contribution is 0.0439. The predicted octanol–water partition coefficient (Wildman–Crippen LogP) is 4.35. The fraction of sp³-hybridized carbons (Fsp3) is 0.0588. The van der Waals surface area contributed by atoms with Crippen LogP contribution in [0.2, 0.25) is 5.02 Å². The minimum atomic E-state index is -0.410. The van der Waals surface area contributed by atoms with E-state index >= 15 is 0 Å². The van der Waals surface area contributed by atoms with Crippen LogP contribution in [0.5, 0.6) is 0 Å². The van der Waals surface area contributed by atoms with Gasteiger partial charge in [-0.15, -0.1) is 0 Å². The Morgan fingerprint density at radius 1 is 1.09 bits per heavy atom. The molecule has 0 bridgehead atoms. The average Bonchev–Trinajstić information content (AvgIpc) is 3.03. The molecule has 3 rings (SSSR count). The third-order valence-corrected chi connectivity index (χ3v) is 3.27. The van der Waals surface area contributed by atoms with Crippen molar-refractivity contribution in [1.29, 1.82) is 0 Å². The number of oxazole rings is 1. The van der Waals surface area contributed by atoms with Crippen LogP contribution >= 0.6 is 11.6 Å². The van der Waals surface area contributed by atoms with Crippen molar-refractivity contribution in [2.75, 3.05) is 0 Å². The second-order valence-electron chi connectivity index (χ2n) is 4.57. The minimum absolute atomic E-state index is 0.0126. The molecule has 0 fully saturated rings. The normalized spacial score (nSPS) is 10.4. The number of aromatic nitrogens is 1. The first-order valence-corrected chi connectivity index (χ1v) is 7.03. The number of nitrogens with zero attached hydrogens (tertiary/aromatic N) is 1. The highest BCUT2D eigenvalue weighted by Crippen LogP contribution is 2.22. The lowest BCUT2D eigenvalue weighted by Crippen LogP contribution is -2.04. The largest absolute Gasteiger partial charge is 0.452 e. The summed E-state index contributed by atoms with van der Waals surface area (Å²) in [6, 6.07) is 16.0. The molecule has 0 saturated carbocycles. The molecule has 0 saturated heterocycles. The molecule has 1 aromatic heterocycles. The topological polar surface area (TPSA) is 52.3 Å². The summed E-state index contributed by atoms with van der Waals surface area (Å²) in [6.45, 7) is -0.0126. The molecule has 0 radical (unpaired) electrons. The van der Waals surface area contributed by atoms with Crippen molar-refractivity contribution >= 4 is 17.6 Å². The zero-order valence-corrected chi connectivity index (χ0v) is 12.3. The van der Waals surface area contributed by atoms with Gasteiger partial charge in [-0.3, -0.25) is 0 Å². The summed E-state index contributed by atoms with van der Waals surface area (Å²) in [5, 5.41) is 0.653. The molecule has 110 valence electrons. The standard InChI is InChI=1S/C17H12ClNO3/c18-14-8-6-12(7-9-14)15-10-19-16(22-15)11-21-17(20)13-4-2-1-3-5-13/h1-10H,11H2. The second kappa shape index (κ2) is 6.45. The highest BCUT2D eigenvalue weighted by molar-refractivity contribution is 6.30. The van der Waals surface area contributed by atoms with Crippen molar-refractivity contribution in [2.24, 2.45) is 0 Å². The van der Waals surface area contributed by atoms with Gasteiger partial charge in [-0.2, -0.15) is 0 Å². The van der Waals surface area contributed by atoms with E-state index in [1.807, 2.05) is 18.2 Å². The first-order valence-electron chi connectivity index (χ1n) is 6.65. The van der Waals surface area contributed by atoms with Gasteiger partial charge in [0.2, 0.25) is 5.89 Å². The van der Waals surface area contributed by atoms with E-state index in [1.165, 1.54) is 0 Å². The highest BCUT2D eigenvalue weighted by Gasteiger charge is 2.10. The molecule has 0 atom stereocenters. The van der Waals surface area contributed by atoms with E-state index in [9.17, 15) is 4.79 Å². The minimum Gasteiger partial charge on any atom is -0.452 e. The molecule has 4 nitrogen and oxygen atoms in total. The van der Waals surface area contributed by atoms with E-state index in [0.717, 1.165) is 5.56 Å². The summed E-state index contributed by atoms with van der Waals surface area (Å²) >= 11 is 5.84. The maximum Gasteiger partial charge on any atom is 0.338 e. The van der Waals surface area contributed by atoms with Crippen LogP contribution in [-0.4, -0.2) is 11.0 Å². The van der Waals surface area contributed by atoms with E-state index in [1.54, 1.807) is 42.6 Å². The molecular formula is C17H12ClNO3. The van der Waals surface area contributed by atoms with E-state index in [0.29, 0.717) is 22.2 Å². The molecule has 22 heavy (non-hydrogen) atoms. The molecular weight excluding hydrogens is 302 g/mol. The Bertz CT molecular complexity index is 766. The molecule has 1 heterocycles. The Kier molecular flexibility index (Phi) is 4.21. The van der Waals surface area contributed by atoms with Gasteiger partial charge in [0.1, 0.15) is 0 Å². The number of hydrogen-bond donors (Lipinski definition) is 0. The summed E-state index contributed by atoms with van der Waals surface area (Å²) in [4.78, 5) is 15.9. The van der Waals surface area contributed by atoms with Gasteiger partial charge in [0.15, 0.2) is 12.4 Å². The van der Waals surface area contributed by atoms with Crippen molar-refractivity contribution in [3.8, 4) is 11.3 Å². The van der Waals surface area contributed by atoms with Gasteiger partial charge >= 0.3 is 5.97 Å². The van der Waals surface area contributed by atoms with Crippen molar-refractivity contribution in [1.82, 2.24) is 4.98 Å². The predicted molar refractivity (Wildman–Crippen MR) is 82.5 cm³/mol. The number of rotatable bonds is 4. The number of ether oxygens (including phenoxy) is 1. The molecule has 0 N–H and O–H groups in total. The fourth-order valence-electron chi connectivity index (χ4n) is 1.91. The molecule has 0 unspecified atom stereocenters. The molecule has 5 heteroatoms. The van der Waals surface area contributed by atoms with Crippen LogP contribution in [0.15, 0.2) is 65.2 Å². The van der Waals surface area contributed by atoms with E-state index < -0.39 is 5.97 Å². The summed E-state index contributed by atoms with van der Waals surface area (Å²) in [6.07, 6.45) is 1.59. The molecule has 0 spiro atoms. The summed E-state index contributed by atoms with van der Waals surface area (Å²) in [5.41, 5.74) is 1.35. The smallest absolute Gasteiger partial charge is 0.338 e. The Morgan fingerprint density at radius 3 is 2.55 bits per heavy atom. The zero-order chi connectivity index (χ0) is 15.4. The van der Waals surface area contributed by atoms with Gasteiger partial charge < -0.3 is 9.15 Å². The third-order valence-electron chi connectivity index (χ3n) is 3.02. The Morgan fingerprint density at radius 2 is 1.82 bits per heavy atom. The molecule has 0 aliphatic carbocycles. The lowest BCUT2D eigenvalue weighted by atomic mass is 10.2. The summed E-state index contributed by atoms with van der Waals surface area (Å²) in [5.74, 6) is 0.531. The summed E-state index contributed by atoms with van der Waals surface area (Å²) < 4.78 is 10.7. The molecule has 0 aliphatic heterocycles. The molecule has 3 aromatic rings. The van der Waals surface area contributed by atoms with Crippen LogP contribution in [0, 0.1) is 0 Å². The monoisotopic (exact) mass is 313 g/mol. The van der Waals surface area contributed by atoms with E-state index in [4.69, 9.17) is 20.8 Å². The fourth-order valence-corrected chi connectivity index (χ4v) is 2.04. The number of carbonyl (C=O) groups is 1. The van der Waals surface area contributed by atoms with Gasteiger partial charge in [-0.1, -0.05) is 29.8 Å². The van der Waals surface area contributed by atoms with Gasteiger partial charge in [-0.25, -0.2) is 9.78 Å². The molecule has 0 amide bonds. The van der Waals surface area contributed by atoms with Crippen LogP contribution in [0.4, 0.5) is 0 Å². The Hall–Kier alpha value is -2.59. The number of hydrogen-bond acceptors (Lipinski definition) is 4. The quantitative estimate of drug-likeness (QED) is 0.672. The molecule has 2 aromatic carbocycles. The van der Waals surface area contributed by atoms with Crippen LogP contribution in [0.1, 0.15) is 16.2 Å². The average molecular weight is 314 g/mol. The molecule has 0 aliphatic rings. The maximum atomic E-state index is 11.8.